The number of rotatable bonds is 7. The van der Waals surface area contributed by atoms with E-state index in [1.54, 1.807) is 24.1 Å². The molecule has 1 atom stereocenters. The van der Waals surface area contributed by atoms with Gasteiger partial charge in [-0.05, 0) is 17.7 Å². The summed E-state index contributed by atoms with van der Waals surface area (Å²) in [6.45, 7) is 2.57. The van der Waals surface area contributed by atoms with Crippen molar-refractivity contribution in [3.63, 3.8) is 0 Å². The highest BCUT2D eigenvalue weighted by atomic mass is 16.3. The third-order valence-electron chi connectivity index (χ3n) is 4.96. The van der Waals surface area contributed by atoms with Crippen LogP contribution in [0.4, 0.5) is 0 Å². The van der Waals surface area contributed by atoms with Crippen LogP contribution in [0, 0.1) is 0 Å². The van der Waals surface area contributed by atoms with E-state index in [1.165, 1.54) is 6.26 Å². The second-order valence-electron chi connectivity index (χ2n) is 6.97. The molecule has 29 heavy (non-hydrogen) atoms. The molecule has 1 aromatic heterocycles. The van der Waals surface area contributed by atoms with Gasteiger partial charge in [0.05, 0.1) is 12.8 Å². The van der Waals surface area contributed by atoms with Gasteiger partial charge in [0.15, 0.2) is 5.76 Å². The number of furan rings is 1. The number of carbonyl (C=O) groups is 3. The molecule has 1 fully saturated rings. The summed E-state index contributed by atoms with van der Waals surface area (Å²) in [6.07, 6.45) is 1.82. The molecule has 1 saturated heterocycles. The second kappa shape index (κ2) is 9.88. The monoisotopic (exact) mass is 398 g/mol. The van der Waals surface area contributed by atoms with Gasteiger partial charge in [0.1, 0.15) is 6.04 Å². The van der Waals surface area contributed by atoms with Gasteiger partial charge in [-0.3, -0.25) is 19.3 Å². The molecule has 3 amide bonds. The highest BCUT2D eigenvalue weighted by Gasteiger charge is 2.30. The molecule has 0 bridgehead atoms. The van der Waals surface area contributed by atoms with Crippen LogP contribution < -0.4 is 10.6 Å². The summed E-state index contributed by atoms with van der Waals surface area (Å²) in [5, 5.41) is 5.43. The Morgan fingerprint density at radius 2 is 1.76 bits per heavy atom. The molecule has 3 rings (SSSR count). The molecule has 1 aliphatic heterocycles. The Morgan fingerprint density at radius 1 is 1.03 bits per heavy atom. The van der Waals surface area contributed by atoms with Crippen LogP contribution in [-0.4, -0.2) is 73.3 Å². The SMILES string of the molecule is CNC(=O)CN1CCN(C(=O)C(Cc2ccccc2)NC(=O)c2ccco2)CC1. The van der Waals surface area contributed by atoms with E-state index in [9.17, 15) is 14.4 Å². The molecule has 0 spiro atoms. The summed E-state index contributed by atoms with van der Waals surface area (Å²) in [7, 11) is 1.61. The van der Waals surface area contributed by atoms with Crippen LogP contribution >= 0.6 is 0 Å². The van der Waals surface area contributed by atoms with Crippen LogP contribution in [0.3, 0.4) is 0 Å². The minimum Gasteiger partial charge on any atom is -0.459 e. The van der Waals surface area contributed by atoms with Crippen molar-refractivity contribution in [1.82, 2.24) is 20.4 Å². The molecule has 1 aliphatic rings. The molecule has 8 heteroatoms. The van der Waals surface area contributed by atoms with Crippen molar-refractivity contribution in [3.8, 4) is 0 Å². The number of nitrogens with one attached hydrogen (secondary N) is 2. The van der Waals surface area contributed by atoms with Crippen LogP contribution in [0.25, 0.3) is 0 Å². The minimum atomic E-state index is -0.694. The Labute approximate surface area is 169 Å². The van der Waals surface area contributed by atoms with Gasteiger partial charge < -0.3 is 20.0 Å². The third-order valence-corrected chi connectivity index (χ3v) is 4.96. The Balaban J connectivity index is 1.65. The van der Waals surface area contributed by atoms with Crippen molar-refractivity contribution in [1.29, 1.82) is 0 Å². The molecule has 0 aliphatic carbocycles. The predicted octanol–water partition coefficient (Wildman–Crippen LogP) is 0.511. The van der Waals surface area contributed by atoms with Gasteiger partial charge in [0.25, 0.3) is 5.91 Å². The van der Waals surface area contributed by atoms with Crippen LogP contribution in [0.1, 0.15) is 16.1 Å². The molecule has 1 unspecified atom stereocenters. The molecule has 1 aromatic carbocycles. The normalized spacial score (nSPS) is 15.6. The first-order valence-electron chi connectivity index (χ1n) is 9.67. The van der Waals surface area contributed by atoms with Crippen LogP contribution in [-0.2, 0) is 16.0 Å². The standard InChI is InChI=1S/C21H26N4O4/c1-22-19(26)15-24-9-11-25(12-10-24)21(28)17(14-16-6-3-2-4-7-16)23-20(27)18-8-5-13-29-18/h2-8,13,17H,9-12,14-15H2,1H3,(H,22,26)(H,23,27). The summed E-state index contributed by atoms with van der Waals surface area (Å²) in [4.78, 5) is 41.0. The zero-order valence-corrected chi connectivity index (χ0v) is 16.5. The number of benzene rings is 1. The largest absolute Gasteiger partial charge is 0.459 e. The van der Waals surface area contributed by atoms with E-state index in [0.29, 0.717) is 39.1 Å². The summed E-state index contributed by atoms with van der Waals surface area (Å²) in [5.41, 5.74) is 0.962. The fourth-order valence-corrected chi connectivity index (χ4v) is 3.32. The molecule has 2 heterocycles. The highest BCUT2D eigenvalue weighted by Crippen LogP contribution is 2.10. The summed E-state index contributed by atoms with van der Waals surface area (Å²) in [6, 6.07) is 12.1. The number of hydrogen-bond donors (Lipinski definition) is 2. The molecular formula is C21H26N4O4. The predicted molar refractivity (Wildman–Crippen MR) is 107 cm³/mol. The topological polar surface area (TPSA) is 94.9 Å². The van der Waals surface area contributed by atoms with Gasteiger partial charge in [-0.2, -0.15) is 0 Å². The maximum atomic E-state index is 13.2. The Bertz CT molecular complexity index is 814. The van der Waals surface area contributed by atoms with E-state index in [2.05, 4.69) is 10.6 Å². The first-order valence-corrected chi connectivity index (χ1v) is 9.67. The lowest BCUT2D eigenvalue weighted by molar-refractivity contribution is -0.135. The number of hydrogen-bond acceptors (Lipinski definition) is 5. The maximum Gasteiger partial charge on any atom is 0.287 e. The molecule has 0 radical (unpaired) electrons. The number of likely N-dealkylation sites (N-methyl/N-ethyl adjacent to an activating group) is 1. The van der Waals surface area contributed by atoms with Gasteiger partial charge in [-0.15, -0.1) is 0 Å². The Hall–Kier alpha value is -3.13. The molecule has 8 nitrogen and oxygen atoms in total. The average molecular weight is 398 g/mol. The van der Waals surface area contributed by atoms with E-state index >= 15 is 0 Å². The van der Waals surface area contributed by atoms with Gasteiger partial charge >= 0.3 is 0 Å². The quantitative estimate of drug-likeness (QED) is 0.709. The van der Waals surface area contributed by atoms with Crippen LogP contribution in [0.15, 0.2) is 53.1 Å². The van der Waals surface area contributed by atoms with Crippen molar-refractivity contribution in [2.75, 3.05) is 39.8 Å². The number of nitrogens with zero attached hydrogens (tertiary/aromatic N) is 2. The molecule has 2 aromatic rings. The van der Waals surface area contributed by atoms with Crippen molar-refractivity contribution in [3.05, 3.63) is 60.1 Å². The fourth-order valence-electron chi connectivity index (χ4n) is 3.32. The number of carbonyl (C=O) groups excluding carboxylic acids is 3. The van der Waals surface area contributed by atoms with Gasteiger partial charge in [0.2, 0.25) is 11.8 Å². The van der Waals surface area contributed by atoms with Crippen LogP contribution in [0.5, 0.6) is 0 Å². The van der Waals surface area contributed by atoms with Crippen LogP contribution in [0.2, 0.25) is 0 Å². The maximum absolute atomic E-state index is 13.2. The molecule has 0 saturated carbocycles. The van der Waals surface area contributed by atoms with Gasteiger partial charge in [0, 0.05) is 39.6 Å². The van der Waals surface area contributed by atoms with Crippen molar-refractivity contribution in [2.45, 2.75) is 12.5 Å². The first kappa shape index (κ1) is 20.6. The van der Waals surface area contributed by atoms with E-state index in [0.717, 1.165) is 5.56 Å². The zero-order valence-electron chi connectivity index (χ0n) is 16.5. The zero-order chi connectivity index (χ0) is 20.6. The van der Waals surface area contributed by atoms with E-state index < -0.39 is 11.9 Å². The lowest BCUT2D eigenvalue weighted by Gasteiger charge is -2.36. The summed E-state index contributed by atoms with van der Waals surface area (Å²) in [5.74, 6) is -0.417. The van der Waals surface area contributed by atoms with Crippen molar-refractivity contribution >= 4 is 17.7 Å². The minimum absolute atomic E-state index is 0.0440. The van der Waals surface area contributed by atoms with E-state index in [1.807, 2.05) is 35.2 Å². The fraction of sp³-hybridized carbons (Fsp3) is 0.381. The average Bonchev–Trinajstić information content (AvgIpc) is 3.29. The second-order valence-corrected chi connectivity index (χ2v) is 6.97. The highest BCUT2D eigenvalue weighted by molar-refractivity contribution is 5.95. The summed E-state index contributed by atoms with van der Waals surface area (Å²) >= 11 is 0. The van der Waals surface area contributed by atoms with Crippen molar-refractivity contribution < 1.29 is 18.8 Å². The summed E-state index contributed by atoms with van der Waals surface area (Å²) < 4.78 is 5.15. The third kappa shape index (κ3) is 5.68. The lowest BCUT2D eigenvalue weighted by atomic mass is 10.0. The Kier molecular flexibility index (Phi) is 7.02. The first-order chi connectivity index (χ1) is 14.1. The smallest absolute Gasteiger partial charge is 0.287 e. The molecule has 2 N–H and O–H groups in total. The van der Waals surface area contributed by atoms with E-state index in [4.69, 9.17) is 4.42 Å². The Morgan fingerprint density at radius 3 is 2.38 bits per heavy atom. The number of amides is 3. The number of piperazine rings is 1. The van der Waals surface area contributed by atoms with Gasteiger partial charge in [-0.1, -0.05) is 30.3 Å². The lowest BCUT2D eigenvalue weighted by Crippen LogP contribution is -2.56. The van der Waals surface area contributed by atoms with E-state index in [-0.39, 0.29) is 17.6 Å². The van der Waals surface area contributed by atoms with Crippen molar-refractivity contribution in [2.24, 2.45) is 0 Å². The van der Waals surface area contributed by atoms with Gasteiger partial charge in [-0.25, -0.2) is 0 Å². The molecule has 154 valence electrons. The molecular weight excluding hydrogens is 372 g/mol.